The lowest BCUT2D eigenvalue weighted by Gasteiger charge is -2.15. The molecular formula is C13H14Cl2N2S. The van der Waals surface area contributed by atoms with Crippen LogP contribution in [0.1, 0.15) is 28.4 Å². The van der Waals surface area contributed by atoms with Crippen LogP contribution in [-0.2, 0) is 6.54 Å². The molecule has 0 fully saturated rings. The highest BCUT2D eigenvalue weighted by molar-refractivity contribution is 7.11. The normalized spacial score (nSPS) is 12.7. The van der Waals surface area contributed by atoms with Gasteiger partial charge in [-0.2, -0.15) is 0 Å². The van der Waals surface area contributed by atoms with Gasteiger partial charge in [-0.3, -0.25) is 0 Å². The Balaban J connectivity index is 2.03. The number of thiazole rings is 1. The van der Waals surface area contributed by atoms with Gasteiger partial charge in [-0.15, -0.1) is 11.3 Å². The zero-order chi connectivity index (χ0) is 13.1. The van der Waals surface area contributed by atoms with E-state index in [9.17, 15) is 0 Å². The number of nitrogens with zero attached hydrogens (tertiary/aromatic N) is 1. The fourth-order valence-corrected chi connectivity index (χ4v) is 2.88. The van der Waals surface area contributed by atoms with Gasteiger partial charge in [0.25, 0.3) is 0 Å². The molecule has 0 spiro atoms. The van der Waals surface area contributed by atoms with Crippen molar-refractivity contribution in [2.24, 2.45) is 0 Å². The summed E-state index contributed by atoms with van der Waals surface area (Å²) in [5.41, 5.74) is 1.01. The van der Waals surface area contributed by atoms with Crippen LogP contribution in [0, 0.1) is 6.92 Å². The Morgan fingerprint density at radius 1 is 1.39 bits per heavy atom. The van der Waals surface area contributed by atoms with E-state index in [1.54, 1.807) is 17.4 Å². The van der Waals surface area contributed by atoms with Gasteiger partial charge in [0.2, 0.25) is 0 Å². The van der Waals surface area contributed by atoms with Gasteiger partial charge in [-0.1, -0.05) is 23.2 Å². The van der Waals surface area contributed by atoms with E-state index in [0.29, 0.717) is 5.02 Å². The summed E-state index contributed by atoms with van der Waals surface area (Å²) in [5.74, 6) is 0. The van der Waals surface area contributed by atoms with Crippen LogP contribution in [0.15, 0.2) is 24.4 Å². The average Bonchev–Trinajstić information content (AvgIpc) is 2.75. The Morgan fingerprint density at radius 3 is 2.83 bits per heavy atom. The van der Waals surface area contributed by atoms with E-state index >= 15 is 0 Å². The highest BCUT2D eigenvalue weighted by Gasteiger charge is 2.10. The monoisotopic (exact) mass is 300 g/mol. The molecule has 1 N–H and O–H groups in total. The van der Waals surface area contributed by atoms with E-state index in [4.69, 9.17) is 23.2 Å². The number of aromatic nitrogens is 1. The van der Waals surface area contributed by atoms with E-state index in [1.165, 1.54) is 4.88 Å². The minimum absolute atomic E-state index is 0.139. The van der Waals surface area contributed by atoms with E-state index < -0.39 is 0 Å². The maximum Gasteiger partial charge on any atom is 0.107 e. The zero-order valence-corrected chi connectivity index (χ0v) is 12.5. The summed E-state index contributed by atoms with van der Waals surface area (Å²) in [4.78, 5) is 5.54. The van der Waals surface area contributed by atoms with E-state index in [-0.39, 0.29) is 6.04 Å². The molecule has 1 heterocycles. The third kappa shape index (κ3) is 3.45. The molecule has 0 saturated heterocycles. The van der Waals surface area contributed by atoms with Crippen LogP contribution in [0.5, 0.6) is 0 Å². The molecule has 1 atom stereocenters. The van der Waals surface area contributed by atoms with Crippen molar-refractivity contribution in [3.63, 3.8) is 0 Å². The van der Waals surface area contributed by atoms with Crippen molar-refractivity contribution in [2.45, 2.75) is 26.4 Å². The van der Waals surface area contributed by atoms with Crippen LogP contribution >= 0.6 is 34.5 Å². The molecule has 0 radical (unpaired) electrons. The molecular weight excluding hydrogens is 287 g/mol. The number of hydrogen-bond acceptors (Lipinski definition) is 3. The highest BCUT2D eigenvalue weighted by atomic mass is 35.5. The molecule has 2 nitrogen and oxygen atoms in total. The van der Waals surface area contributed by atoms with E-state index in [2.05, 4.69) is 24.1 Å². The number of nitrogens with one attached hydrogen (secondary N) is 1. The van der Waals surface area contributed by atoms with Crippen molar-refractivity contribution in [1.82, 2.24) is 10.3 Å². The largest absolute Gasteiger partial charge is 0.304 e. The molecule has 0 bridgehead atoms. The predicted molar refractivity (Wildman–Crippen MR) is 78.6 cm³/mol. The first-order chi connectivity index (χ1) is 8.56. The van der Waals surface area contributed by atoms with E-state index in [1.807, 2.05) is 18.3 Å². The third-order valence-electron chi connectivity index (χ3n) is 2.65. The van der Waals surface area contributed by atoms with Crippen LogP contribution in [0.3, 0.4) is 0 Å². The molecule has 0 amide bonds. The fraction of sp³-hybridized carbons (Fsp3) is 0.308. The molecule has 0 saturated carbocycles. The molecule has 0 aliphatic rings. The van der Waals surface area contributed by atoms with E-state index in [0.717, 1.165) is 22.1 Å². The zero-order valence-electron chi connectivity index (χ0n) is 10.2. The van der Waals surface area contributed by atoms with Crippen molar-refractivity contribution >= 4 is 34.5 Å². The predicted octanol–water partition coefficient (Wildman–Crippen LogP) is 4.61. The Labute approximate surface area is 121 Å². The lowest BCUT2D eigenvalue weighted by molar-refractivity contribution is 0.573. The minimum Gasteiger partial charge on any atom is -0.304 e. The van der Waals surface area contributed by atoms with Crippen molar-refractivity contribution in [1.29, 1.82) is 0 Å². The number of benzene rings is 1. The second-order valence-electron chi connectivity index (χ2n) is 4.13. The fourth-order valence-electron chi connectivity index (χ4n) is 1.68. The molecule has 1 aromatic carbocycles. The van der Waals surface area contributed by atoms with Gasteiger partial charge in [0.05, 0.1) is 0 Å². The van der Waals surface area contributed by atoms with Gasteiger partial charge in [0, 0.05) is 33.7 Å². The van der Waals surface area contributed by atoms with Gasteiger partial charge in [0.15, 0.2) is 0 Å². The highest BCUT2D eigenvalue weighted by Crippen LogP contribution is 2.26. The SMILES string of the molecule is Cc1cnc(CNC(C)c2cc(Cl)ccc2Cl)s1. The van der Waals surface area contributed by atoms with Crippen LogP contribution in [0.25, 0.3) is 0 Å². The van der Waals surface area contributed by atoms with Gasteiger partial charge in [0.1, 0.15) is 5.01 Å². The van der Waals surface area contributed by atoms with Gasteiger partial charge < -0.3 is 5.32 Å². The van der Waals surface area contributed by atoms with Crippen molar-refractivity contribution < 1.29 is 0 Å². The molecule has 0 aliphatic carbocycles. The first-order valence-corrected chi connectivity index (χ1v) is 7.23. The maximum absolute atomic E-state index is 6.17. The van der Waals surface area contributed by atoms with Crippen LogP contribution in [0.2, 0.25) is 10.0 Å². The van der Waals surface area contributed by atoms with Gasteiger partial charge in [-0.25, -0.2) is 4.98 Å². The Morgan fingerprint density at radius 2 is 2.17 bits per heavy atom. The Bertz CT molecular complexity index is 540. The molecule has 2 aromatic rings. The quantitative estimate of drug-likeness (QED) is 0.892. The average molecular weight is 301 g/mol. The smallest absolute Gasteiger partial charge is 0.107 e. The first-order valence-electron chi connectivity index (χ1n) is 5.66. The molecule has 0 aliphatic heterocycles. The molecule has 1 aromatic heterocycles. The van der Waals surface area contributed by atoms with Crippen molar-refractivity contribution in [2.75, 3.05) is 0 Å². The summed E-state index contributed by atoms with van der Waals surface area (Å²) in [7, 11) is 0. The molecule has 5 heteroatoms. The second-order valence-corrected chi connectivity index (χ2v) is 6.30. The van der Waals surface area contributed by atoms with Gasteiger partial charge >= 0.3 is 0 Å². The second kappa shape index (κ2) is 6.02. The number of hydrogen-bond donors (Lipinski definition) is 1. The Hall–Kier alpha value is -0.610. The van der Waals surface area contributed by atoms with Gasteiger partial charge in [-0.05, 0) is 37.6 Å². The summed E-state index contributed by atoms with van der Waals surface area (Å²) in [5, 5.41) is 5.92. The first kappa shape index (κ1) is 13.8. The van der Waals surface area contributed by atoms with Crippen LogP contribution in [0.4, 0.5) is 0 Å². The molecule has 2 rings (SSSR count). The summed E-state index contributed by atoms with van der Waals surface area (Å²) < 4.78 is 0. The standard InChI is InChI=1S/C13H14Cl2N2S/c1-8-6-17-13(18-8)7-16-9(2)11-5-10(14)3-4-12(11)15/h3-6,9,16H,7H2,1-2H3. The summed E-state index contributed by atoms with van der Waals surface area (Å²) in [6, 6.07) is 5.66. The minimum atomic E-state index is 0.139. The number of halogens is 2. The lowest BCUT2D eigenvalue weighted by Crippen LogP contribution is -2.18. The number of rotatable bonds is 4. The van der Waals surface area contributed by atoms with Crippen LogP contribution < -0.4 is 5.32 Å². The summed E-state index contributed by atoms with van der Waals surface area (Å²) >= 11 is 13.8. The maximum atomic E-state index is 6.17. The van der Waals surface area contributed by atoms with Crippen LogP contribution in [-0.4, -0.2) is 4.98 Å². The number of aryl methyl sites for hydroxylation is 1. The topological polar surface area (TPSA) is 24.9 Å². The molecule has 18 heavy (non-hydrogen) atoms. The van der Waals surface area contributed by atoms with Crippen molar-refractivity contribution in [3.8, 4) is 0 Å². The Kier molecular flexibility index (Phi) is 4.62. The lowest BCUT2D eigenvalue weighted by atomic mass is 10.1. The molecule has 1 unspecified atom stereocenters. The summed E-state index contributed by atoms with van der Waals surface area (Å²) in [6.07, 6.45) is 1.89. The molecule has 96 valence electrons. The van der Waals surface area contributed by atoms with Crippen molar-refractivity contribution in [3.05, 3.63) is 49.9 Å². The summed E-state index contributed by atoms with van der Waals surface area (Å²) in [6.45, 7) is 4.86. The third-order valence-corrected chi connectivity index (χ3v) is 4.15.